The Morgan fingerprint density at radius 3 is 2.50 bits per heavy atom. The van der Waals surface area contributed by atoms with Crippen LogP contribution in [0.2, 0.25) is 0 Å². The number of ether oxygens (including phenoxy) is 1. The molecule has 1 aliphatic heterocycles. The SMILES string of the molecule is Cl.O=C(OC1CCNC1)C1CCCC1. The Hall–Kier alpha value is -0.280. The molecule has 14 heavy (non-hydrogen) atoms. The van der Waals surface area contributed by atoms with E-state index in [-0.39, 0.29) is 30.4 Å². The Morgan fingerprint density at radius 1 is 1.21 bits per heavy atom. The van der Waals surface area contributed by atoms with Crippen molar-refractivity contribution in [3.8, 4) is 0 Å². The minimum atomic E-state index is 0. The van der Waals surface area contributed by atoms with Gasteiger partial charge in [0.15, 0.2) is 0 Å². The minimum Gasteiger partial charge on any atom is -0.461 e. The van der Waals surface area contributed by atoms with Crippen LogP contribution in [0.5, 0.6) is 0 Å². The second kappa shape index (κ2) is 5.56. The Bertz CT molecular complexity index is 187. The van der Waals surface area contributed by atoms with Gasteiger partial charge in [0.1, 0.15) is 6.10 Å². The highest BCUT2D eigenvalue weighted by molar-refractivity contribution is 5.85. The Labute approximate surface area is 91.0 Å². The zero-order valence-corrected chi connectivity index (χ0v) is 9.15. The third-order valence-corrected chi connectivity index (χ3v) is 2.99. The monoisotopic (exact) mass is 219 g/mol. The van der Waals surface area contributed by atoms with E-state index in [1.54, 1.807) is 0 Å². The van der Waals surface area contributed by atoms with Crippen molar-refractivity contribution in [2.24, 2.45) is 5.92 Å². The molecule has 0 radical (unpaired) electrons. The van der Waals surface area contributed by atoms with E-state index in [0.717, 1.165) is 32.4 Å². The van der Waals surface area contributed by atoms with Gasteiger partial charge < -0.3 is 10.1 Å². The van der Waals surface area contributed by atoms with Crippen molar-refractivity contribution < 1.29 is 9.53 Å². The van der Waals surface area contributed by atoms with E-state index in [1.807, 2.05) is 0 Å². The molecule has 0 amide bonds. The average Bonchev–Trinajstić information content (AvgIpc) is 2.74. The molecule has 0 aromatic carbocycles. The van der Waals surface area contributed by atoms with Gasteiger partial charge in [0, 0.05) is 6.54 Å². The largest absolute Gasteiger partial charge is 0.461 e. The fourth-order valence-electron chi connectivity index (χ4n) is 2.15. The number of rotatable bonds is 2. The normalized spacial score (nSPS) is 27.3. The highest BCUT2D eigenvalue weighted by Crippen LogP contribution is 2.26. The quantitative estimate of drug-likeness (QED) is 0.716. The Balaban J connectivity index is 0.000000980. The first kappa shape index (κ1) is 11.8. The highest BCUT2D eigenvalue weighted by Gasteiger charge is 2.27. The van der Waals surface area contributed by atoms with Crippen molar-refractivity contribution >= 4 is 18.4 Å². The summed E-state index contributed by atoms with van der Waals surface area (Å²) >= 11 is 0. The van der Waals surface area contributed by atoms with E-state index in [2.05, 4.69) is 5.32 Å². The number of nitrogens with one attached hydrogen (secondary N) is 1. The van der Waals surface area contributed by atoms with Crippen LogP contribution in [0.15, 0.2) is 0 Å². The molecule has 1 saturated carbocycles. The number of hydrogen-bond donors (Lipinski definition) is 1. The third kappa shape index (κ3) is 2.85. The van der Waals surface area contributed by atoms with Crippen molar-refractivity contribution in [3.05, 3.63) is 0 Å². The van der Waals surface area contributed by atoms with Gasteiger partial charge in [0.2, 0.25) is 0 Å². The fraction of sp³-hybridized carbons (Fsp3) is 0.900. The summed E-state index contributed by atoms with van der Waals surface area (Å²) in [7, 11) is 0. The van der Waals surface area contributed by atoms with Crippen LogP contribution in [-0.4, -0.2) is 25.2 Å². The molecule has 2 rings (SSSR count). The van der Waals surface area contributed by atoms with Crippen molar-refractivity contribution in [1.29, 1.82) is 0 Å². The van der Waals surface area contributed by atoms with Crippen LogP contribution in [0.25, 0.3) is 0 Å². The topological polar surface area (TPSA) is 38.3 Å². The summed E-state index contributed by atoms with van der Waals surface area (Å²) in [6.07, 6.45) is 5.61. The van der Waals surface area contributed by atoms with E-state index in [1.165, 1.54) is 12.8 Å². The maximum absolute atomic E-state index is 11.6. The zero-order chi connectivity index (χ0) is 9.10. The molecular weight excluding hydrogens is 202 g/mol. The summed E-state index contributed by atoms with van der Waals surface area (Å²) in [6, 6.07) is 0. The van der Waals surface area contributed by atoms with Gasteiger partial charge >= 0.3 is 5.97 Å². The highest BCUT2D eigenvalue weighted by atomic mass is 35.5. The smallest absolute Gasteiger partial charge is 0.309 e. The maximum Gasteiger partial charge on any atom is 0.309 e. The molecule has 1 saturated heterocycles. The molecule has 1 unspecified atom stereocenters. The van der Waals surface area contributed by atoms with E-state index >= 15 is 0 Å². The van der Waals surface area contributed by atoms with E-state index in [0.29, 0.717) is 0 Å². The first-order chi connectivity index (χ1) is 6.36. The van der Waals surface area contributed by atoms with Gasteiger partial charge in [0.25, 0.3) is 0 Å². The summed E-state index contributed by atoms with van der Waals surface area (Å²) < 4.78 is 5.39. The minimum absolute atomic E-state index is 0. The number of halogens is 1. The molecule has 0 spiro atoms. The standard InChI is InChI=1S/C10H17NO2.ClH/c12-10(8-3-1-2-4-8)13-9-5-6-11-7-9;/h8-9,11H,1-7H2;1H. The number of esters is 1. The van der Waals surface area contributed by atoms with Gasteiger partial charge in [-0.1, -0.05) is 12.8 Å². The summed E-state index contributed by atoms with van der Waals surface area (Å²) in [5, 5.41) is 3.19. The molecule has 2 fully saturated rings. The molecule has 2 aliphatic rings. The van der Waals surface area contributed by atoms with Crippen LogP contribution >= 0.6 is 12.4 Å². The zero-order valence-electron chi connectivity index (χ0n) is 8.33. The predicted molar refractivity (Wildman–Crippen MR) is 56.6 cm³/mol. The van der Waals surface area contributed by atoms with E-state index in [9.17, 15) is 4.79 Å². The van der Waals surface area contributed by atoms with Crippen molar-refractivity contribution in [1.82, 2.24) is 5.32 Å². The summed E-state index contributed by atoms with van der Waals surface area (Å²) in [4.78, 5) is 11.6. The molecule has 82 valence electrons. The second-order valence-electron chi connectivity index (χ2n) is 4.03. The summed E-state index contributed by atoms with van der Waals surface area (Å²) in [5.41, 5.74) is 0. The Kier molecular flexibility index (Phi) is 4.69. The molecule has 1 heterocycles. The van der Waals surface area contributed by atoms with Crippen LogP contribution in [-0.2, 0) is 9.53 Å². The van der Waals surface area contributed by atoms with Crippen molar-refractivity contribution in [2.45, 2.75) is 38.2 Å². The average molecular weight is 220 g/mol. The Morgan fingerprint density at radius 2 is 1.93 bits per heavy atom. The third-order valence-electron chi connectivity index (χ3n) is 2.99. The van der Waals surface area contributed by atoms with Crippen LogP contribution in [0.1, 0.15) is 32.1 Å². The van der Waals surface area contributed by atoms with Gasteiger partial charge in [-0.25, -0.2) is 0 Å². The second-order valence-corrected chi connectivity index (χ2v) is 4.03. The van der Waals surface area contributed by atoms with E-state index in [4.69, 9.17) is 4.74 Å². The summed E-state index contributed by atoms with van der Waals surface area (Å²) in [6.45, 7) is 1.83. The maximum atomic E-state index is 11.6. The van der Waals surface area contributed by atoms with E-state index < -0.39 is 0 Å². The lowest BCUT2D eigenvalue weighted by Crippen LogP contribution is -2.24. The molecule has 3 nitrogen and oxygen atoms in total. The number of hydrogen-bond acceptors (Lipinski definition) is 3. The first-order valence-corrected chi connectivity index (χ1v) is 5.27. The van der Waals surface area contributed by atoms with Crippen LogP contribution in [0, 0.1) is 5.92 Å². The lowest BCUT2D eigenvalue weighted by molar-refractivity contribution is -0.152. The lowest BCUT2D eigenvalue weighted by atomic mass is 10.1. The fourth-order valence-corrected chi connectivity index (χ4v) is 2.15. The molecule has 4 heteroatoms. The molecule has 1 N–H and O–H groups in total. The molecule has 1 atom stereocenters. The van der Waals surface area contributed by atoms with Crippen LogP contribution < -0.4 is 5.32 Å². The molecule has 0 aromatic rings. The van der Waals surface area contributed by atoms with Gasteiger partial charge in [-0.05, 0) is 25.8 Å². The predicted octanol–water partition coefficient (Wildman–Crippen LogP) is 1.50. The number of carbonyl (C=O) groups is 1. The summed E-state index contributed by atoms with van der Waals surface area (Å²) in [5.74, 6) is 0.256. The molecule has 0 aromatic heterocycles. The van der Waals surface area contributed by atoms with Crippen molar-refractivity contribution in [3.63, 3.8) is 0 Å². The van der Waals surface area contributed by atoms with Crippen LogP contribution in [0.4, 0.5) is 0 Å². The molecule has 1 aliphatic carbocycles. The van der Waals surface area contributed by atoms with Crippen LogP contribution in [0.3, 0.4) is 0 Å². The number of carbonyl (C=O) groups excluding carboxylic acids is 1. The molecule has 0 bridgehead atoms. The van der Waals surface area contributed by atoms with Gasteiger partial charge in [0.05, 0.1) is 5.92 Å². The van der Waals surface area contributed by atoms with Gasteiger partial charge in [-0.3, -0.25) is 4.79 Å². The lowest BCUT2D eigenvalue weighted by Gasteiger charge is -2.14. The first-order valence-electron chi connectivity index (χ1n) is 5.27. The van der Waals surface area contributed by atoms with Gasteiger partial charge in [-0.15, -0.1) is 12.4 Å². The van der Waals surface area contributed by atoms with Crippen molar-refractivity contribution in [2.75, 3.05) is 13.1 Å². The molecular formula is C10H18ClNO2. The van der Waals surface area contributed by atoms with Gasteiger partial charge in [-0.2, -0.15) is 0 Å².